The molecule has 0 aliphatic rings. The molecule has 0 radical (unpaired) electrons. The Morgan fingerprint density at radius 1 is 0.903 bits per heavy atom. The molecular weight excluding hydrogens is 404 g/mol. The maximum Gasteiger partial charge on any atom is 0.408 e. The normalized spacial score (nSPS) is 11.5. The van der Waals surface area contributed by atoms with Crippen LogP contribution in [0.5, 0.6) is 0 Å². The zero-order chi connectivity index (χ0) is 22.2. The molecule has 2 amide bonds. The number of nitrogens with one attached hydrogen (secondary N) is 2. The summed E-state index contributed by atoms with van der Waals surface area (Å²) in [6, 6.07) is 17.0. The predicted octanol–water partition coefficient (Wildman–Crippen LogP) is 4.03. The van der Waals surface area contributed by atoms with Crippen LogP contribution in [0.15, 0.2) is 72.8 Å². The van der Waals surface area contributed by atoms with Crippen molar-refractivity contribution in [1.82, 2.24) is 5.32 Å². The number of hydrogen-bond donors (Lipinski definition) is 3. The van der Waals surface area contributed by atoms with E-state index < -0.39 is 29.7 Å². The third kappa shape index (κ3) is 6.35. The van der Waals surface area contributed by atoms with Gasteiger partial charge in [-0.3, -0.25) is 4.79 Å². The Bertz CT molecular complexity index is 1040. The molecule has 0 aliphatic heterocycles. The second-order valence-electron chi connectivity index (χ2n) is 6.74. The van der Waals surface area contributed by atoms with Crippen LogP contribution < -0.4 is 16.4 Å². The maximum atomic E-state index is 13.8. The summed E-state index contributed by atoms with van der Waals surface area (Å²) in [5, 5.41) is 5.00. The molecule has 0 saturated heterocycles. The Balaban J connectivity index is 1.78. The van der Waals surface area contributed by atoms with E-state index in [9.17, 15) is 18.4 Å². The number of ether oxygens (including phenoxy) is 1. The van der Waals surface area contributed by atoms with Crippen LogP contribution in [0.25, 0.3) is 0 Å². The highest BCUT2D eigenvalue weighted by Crippen LogP contribution is 2.20. The van der Waals surface area contributed by atoms with Gasteiger partial charge >= 0.3 is 6.09 Å². The third-order valence-electron chi connectivity index (χ3n) is 4.39. The molecule has 0 unspecified atom stereocenters. The van der Waals surface area contributed by atoms with Crippen LogP contribution in [0.1, 0.15) is 22.7 Å². The molecule has 0 spiro atoms. The molecule has 0 aliphatic carbocycles. The van der Waals surface area contributed by atoms with Gasteiger partial charge in [0.2, 0.25) is 0 Å². The van der Waals surface area contributed by atoms with E-state index in [4.69, 9.17) is 10.5 Å². The number of halogens is 2. The Labute approximate surface area is 178 Å². The zero-order valence-electron chi connectivity index (χ0n) is 16.5. The second kappa shape index (κ2) is 10.3. The first kappa shape index (κ1) is 21.9. The van der Waals surface area contributed by atoms with E-state index in [-0.39, 0.29) is 18.7 Å². The fourth-order valence-electron chi connectivity index (χ4n) is 2.92. The van der Waals surface area contributed by atoms with Crippen molar-refractivity contribution in [2.75, 3.05) is 5.32 Å². The van der Waals surface area contributed by atoms with Crippen molar-refractivity contribution < 1.29 is 23.1 Å². The van der Waals surface area contributed by atoms with Crippen LogP contribution in [0.3, 0.4) is 0 Å². The number of rotatable bonds is 7. The van der Waals surface area contributed by atoms with Gasteiger partial charge in [-0.25, -0.2) is 13.6 Å². The van der Waals surface area contributed by atoms with E-state index in [1.807, 2.05) is 6.07 Å². The lowest BCUT2D eigenvalue weighted by Gasteiger charge is -2.19. The summed E-state index contributed by atoms with van der Waals surface area (Å²) in [4.78, 5) is 25.2. The lowest BCUT2D eigenvalue weighted by atomic mass is 10.1. The van der Waals surface area contributed by atoms with Crippen LogP contribution in [0, 0.1) is 11.6 Å². The van der Waals surface area contributed by atoms with Crippen LogP contribution in [-0.2, 0) is 22.7 Å². The van der Waals surface area contributed by atoms with Gasteiger partial charge in [0.15, 0.2) is 0 Å². The monoisotopic (exact) mass is 425 g/mol. The van der Waals surface area contributed by atoms with Gasteiger partial charge in [0.25, 0.3) is 5.91 Å². The van der Waals surface area contributed by atoms with Crippen molar-refractivity contribution in [3.8, 4) is 0 Å². The predicted molar refractivity (Wildman–Crippen MR) is 112 cm³/mol. The molecule has 0 heterocycles. The van der Waals surface area contributed by atoms with Crippen molar-refractivity contribution in [1.29, 1.82) is 0 Å². The molecule has 160 valence electrons. The molecule has 0 bridgehead atoms. The molecule has 31 heavy (non-hydrogen) atoms. The van der Waals surface area contributed by atoms with Gasteiger partial charge < -0.3 is 21.1 Å². The highest BCUT2D eigenvalue weighted by atomic mass is 19.1. The second-order valence-corrected chi connectivity index (χ2v) is 6.74. The number of carbonyl (C=O) groups excluding carboxylic acids is 2. The summed E-state index contributed by atoms with van der Waals surface area (Å²) in [5.41, 5.74) is 7.49. The van der Waals surface area contributed by atoms with Crippen molar-refractivity contribution in [3.63, 3.8) is 0 Å². The first-order chi connectivity index (χ1) is 14.9. The molecular formula is C23H21F2N3O3. The largest absolute Gasteiger partial charge is 0.445 e. The van der Waals surface area contributed by atoms with E-state index in [1.54, 1.807) is 48.5 Å². The number of nitrogens with two attached hydrogens (primary N) is 1. The number of carbonyl (C=O) groups is 2. The van der Waals surface area contributed by atoms with E-state index in [2.05, 4.69) is 10.6 Å². The zero-order valence-corrected chi connectivity index (χ0v) is 16.5. The first-order valence-corrected chi connectivity index (χ1v) is 9.47. The van der Waals surface area contributed by atoms with Gasteiger partial charge in [0.1, 0.15) is 24.3 Å². The SMILES string of the molecule is NCc1cccc(NC(=O)[C@@H](NC(=O)OCc2ccccc2)c2cc(F)cc(F)c2)c1. The summed E-state index contributed by atoms with van der Waals surface area (Å²) >= 11 is 0. The van der Waals surface area contributed by atoms with E-state index in [1.165, 1.54) is 0 Å². The van der Waals surface area contributed by atoms with Crippen molar-refractivity contribution >= 4 is 17.7 Å². The summed E-state index contributed by atoms with van der Waals surface area (Å²) in [6.07, 6.45) is -0.913. The molecule has 4 N–H and O–H groups in total. The highest BCUT2D eigenvalue weighted by Gasteiger charge is 2.25. The van der Waals surface area contributed by atoms with Crippen LogP contribution >= 0.6 is 0 Å². The number of alkyl carbamates (subject to hydrolysis) is 1. The van der Waals surface area contributed by atoms with Gasteiger partial charge in [-0.15, -0.1) is 0 Å². The summed E-state index contributed by atoms with van der Waals surface area (Å²) in [7, 11) is 0. The summed E-state index contributed by atoms with van der Waals surface area (Å²) in [6.45, 7) is 0.239. The summed E-state index contributed by atoms with van der Waals surface area (Å²) < 4.78 is 32.7. The first-order valence-electron chi connectivity index (χ1n) is 9.47. The van der Waals surface area contributed by atoms with Crippen molar-refractivity contribution in [2.45, 2.75) is 19.2 Å². The molecule has 0 aromatic heterocycles. The van der Waals surface area contributed by atoms with Crippen molar-refractivity contribution in [2.24, 2.45) is 5.73 Å². The number of hydrogen-bond acceptors (Lipinski definition) is 4. The van der Waals surface area contributed by atoms with E-state index >= 15 is 0 Å². The minimum Gasteiger partial charge on any atom is -0.445 e. The fraction of sp³-hybridized carbons (Fsp3) is 0.130. The minimum atomic E-state index is -1.39. The summed E-state index contributed by atoms with van der Waals surface area (Å²) in [5.74, 6) is -2.45. The van der Waals surface area contributed by atoms with Crippen LogP contribution in [-0.4, -0.2) is 12.0 Å². The Hall–Kier alpha value is -3.78. The standard InChI is InChI=1S/C23H21F2N3O3/c24-18-10-17(11-19(25)12-18)21(22(29)27-20-8-4-7-16(9-20)13-26)28-23(30)31-14-15-5-2-1-3-6-15/h1-12,21H,13-14,26H2,(H,27,29)(H,28,30)/t21-/m0/s1. The molecule has 1 atom stereocenters. The Morgan fingerprint density at radius 2 is 1.58 bits per heavy atom. The van der Waals surface area contributed by atoms with Crippen LogP contribution in [0.2, 0.25) is 0 Å². The molecule has 6 nitrogen and oxygen atoms in total. The van der Waals surface area contributed by atoms with Gasteiger partial charge in [-0.2, -0.15) is 0 Å². The Kier molecular flexibility index (Phi) is 7.29. The van der Waals surface area contributed by atoms with Gasteiger partial charge in [0, 0.05) is 18.3 Å². The molecule has 0 saturated carbocycles. The smallest absolute Gasteiger partial charge is 0.408 e. The van der Waals surface area contributed by atoms with Gasteiger partial charge in [-0.1, -0.05) is 42.5 Å². The third-order valence-corrected chi connectivity index (χ3v) is 4.39. The average molecular weight is 425 g/mol. The molecule has 3 aromatic carbocycles. The molecule has 3 aromatic rings. The quantitative estimate of drug-likeness (QED) is 0.533. The number of benzene rings is 3. The lowest BCUT2D eigenvalue weighted by molar-refractivity contribution is -0.118. The number of anilines is 1. The minimum absolute atomic E-state index is 0.0307. The van der Waals surface area contributed by atoms with E-state index in [0.717, 1.165) is 23.3 Å². The number of amides is 2. The molecule has 3 rings (SSSR count). The topological polar surface area (TPSA) is 93.5 Å². The fourth-order valence-corrected chi connectivity index (χ4v) is 2.92. The van der Waals surface area contributed by atoms with E-state index in [0.29, 0.717) is 11.8 Å². The van der Waals surface area contributed by atoms with Gasteiger partial charge in [0.05, 0.1) is 0 Å². The average Bonchev–Trinajstić information content (AvgIpc) is 2.76. The van der Waals surface area contributed by atoms with Gasteiger partial charge in [-0.05, 0) is 41.0 Å². The Morgan fingerprint density at radius 3 is 2.26 bits per heavy atom. The molecule has 0 fully saturated rings. The highest BCUT2D eigenvalue weighted by molar-refractivity contribution is 5.97. The lowest BCUT2D eigenvalue weighted by Crippen LogP contribution is -2.37. The van der Waals surface area contributed by atoms with Crippen LogP contribution in [0.4, 0.5) is 19.3 Å². The maximum absolute atomic E-state index is 13.8. The van der Waals surface area contributed by atoms with Crippen molar-refractivity contribution in [3.05, 3.63) is 101 Å². The molecule has 8 heteroatoms.